The summed E-state index contributed by atoms with van der Waals surface area (Å²) in [4.78, 5) is 59.0. The summed E-state index contributed by atoms with van der Waals surface area (Å²) in [6.07, 6.45) is 6.46. The number of thiazole rings is 2. The van der Waals surface area contributed by atoms with Crippen LogP contribution in [0.4, 0.5) is 0 Å². The first-order valence-electron chi connectivity index (χ1n) is 27.0. The Morgan fingerprint density at radius 2 is 0.891 bits per heavy atom. The molecule has 0 unspecified atom stereocenters. The second-order valence-electron chi connectivity index (χ2n) is 18.6. The van der Waals surface area contributed by atoms with Crippen molar-refractivity contribution in [1.82, 2.24) is 19.9 Å². The molecule has 0 fully saturated rings. The van der Waals surface area contributed by atoms with Gasteiger partial charge in [-0.2, -0.15) is 34.8 Å². The van der Waals surface area contributed by atoms with E-state index in [0.717, 1.165) is 59.4 Å². The minimum Gasteiger partial charge on any atom is -0.512 e. The van der Waals surface area contributed by atoms with Crippen molar-refractivity contribution in [2.24, 2.45) is 0 Å². The van der Waals surface area contributed by atoms with Crippen LogP contribution in [0, 0.1) is 24.3 Å². The first kappa shape index (κ1) is 82.3. The number of fused-ring (bicyclic) bond motifs is 4. The number of aliphatic hydroxyl groups excluding tert-OH is 4. The van der Waals surface area contributed by atoms with Crippen LogP contribution in [0.25, 0.3) is 85.5 Å². The van der Waals surface area contributed by atoms with Gasteiger partial charge in [-0.1, -0.05) is 88.6 Å². The molecular weight excluding hydrogens is 1930 g/mol. The molecule has 5 aromatic heterocycles. The minimum atomic E-state index is -0.125. The minimum absolute atomic E-state index is 0. The van der Waals surface area contributed by atoms with E-state index in [-0.39, 0.29) is 127 Å². The van der Waals surface area contributed by atoms with Crippen LogP contribution >= 0.6 is 34.0 Å². The summed E-state index contributed by atoms with van der Waals surface area (Å²) in [6, 6.07) is 72.7. The van der Waals surface area contributed by atoms with Gasteiger partial charge >= 0.3 is 0 Å². The zero-order chi connectivity index (χ0) is 63.8. The number of aromatic nitrogens is 4. The van der Waals surface area contributed by atoms with Crippen molar-refractivity contribution in [3.63, 3.8) is 0 Å². The van der Waals surface area contributed by atoms with Gasteiger partial charge < -0.3 is 29.8 Å². The average molecular weight is 1990 g/mol. The summed E-state index contributed by atoms with van der Waals surface area (Å²) in [5, 5.41) is 40.0. The number of hydrogen-bond acceptors (Lipinski definition) is 16. The molecule has 0 aliphatic rings. The van der Waals surface area contributed by atoms with Crippen molar-refractivity contribution >= 4 is 99.4 Å². The fourth-order valence-electron chi connectivity index (χ4n) is 7.40. The zero-order valence-corrected chi connectivity index (χ0v) is 63.0. The summed E-state index contributed by atoms with van der Waals surface area (Å²) in [5.74, 6) is 0.372. The molecule has 0 amide bonds. The number of thiophene rings is 1. The number of oxazole rings is 1. The summed E-state index contributed by atoms with van der Waals surface area (Å²) < 4.78 is 8.06. The van der Waals surface area contributed by atoms with Gasteiger partial charge in [-0.3, -0.25) is 34.1 Å². The molecule has 0 spiro atoms. The van der Waals surface area contributed by atoms with Gasteiger partial charge in [-0.25, -0.2) is 11.3 Å². The van der Waals surface area contributed by atoms with E-state index < -0.39 is 0 Å². The van der Waals surface area contributed by atoms with Crippen molar-refractivity contribution < 1.29 is 124 Å². The Hall–Kier alpha value is -7.66. The monoisotopic (exact) mass is 2000 g/mol. The maximum Gasteiger partial charge on any atom is 0.155 e. The molecule has 0 aliphatic heterocycles. The van der Waals surface area contributed by atoms with Crippen LogP contribution in [0.15, 0.2) is 245 Å². The maximum atomic E-state index is 10.0. The smallest absolute Gasteiger partial charge is 0.155 e. The van der Waals surface area contributed by atoms with Gasteiger partial charge in [0.25, 0.3) is 0 Å². The van der Waals surface area contributed by atoms with E-state index in [0.29, 0.717) is 5.89 Å². The van der Waals surface area contributed by atoms with Crippen LogP contribution in [-0.2, 0) is 99.6 Å². The third-order valence-corrected chi connectivity index (χ3v) is 13.7. The summed E-state index contributed by atoms with van der Waals surface area (Å²) >= 11 is 5.09. The Kier molecular flexibility index (Phi) is 40.1. The number of ketones is 4. The average Bonchev–Trinajstić information content (AvgIpc) is 1.58. The number of hydrogen-bond donors (Lipinski definition) is 4. The quantitative estimate of drug-likeness (QED) is 0.0634. The molecule has 0 saturated carbocycles. The molecule has 0 aliphatic carbocycles. The summed E-state index contributed by atoms with van der Waals surface area (Å²) in [5.41, 5.74) is 7.86. The summed E-state index contributed by atoms with van der Waals surface area (Å²) in [7, 11) is 0. The number of rotatable bonds is 8. The largest absolute Gasteiger partial charge is 0.512 e. The van der Waals surface area contributed by atoms with Gasteiger partial charge in [0, 0.05) is 130 Å². The standard InChI is InChI=1S/C17H10NS.C13H8NO.C13H8NS.C9H6NS.4C5H8O2.4Ir/c1-2-8-13-12(6-1)7-5-9-14(13)17-18-15-10-3-4-11-16(15)19-17;2*1-2-6-10(7-3-1)13-14-11-8-4-5-9-12(11)15-13;1-2-6-10-8(4-1)9-5-3-7-11-9;4*1-4(6)3-5(2)7;;;;/h1-8,10-11H;2*1-6,8-9H;1-4,6-7H;4*3,6H,1-2H3;;;;/q4*-1;;;;;;;;. The first-order chi connectivity index (χ1) is 42.3. The zero-order valence-electron chi connectivity index (χ0n) is 51.0. The third-order valence-electron chi connectivity index (χ3n) is 10.7. The maximum absolute atomic E-state index is 10.0. The second-order valence-corrected chi connectivity index (χ2v) is 21.6. The van der Waals surface area contributed by atoms with E-state index in [1.54, 1.807) is 40.2 Å². The Morgan fingerprint density at radius 3 is 1.34 bits per heavy atom. The van der Waals surface area contributed by atoms with Gasteiger partial charge in [0.2, 0.25) is 0 Å². The normalized spacial score (nSPS) is 10.4. The molecule has 0 saturated heterocycles. The molecule has 5 heterocycles. The van der Waals surface area contributed by atoms with Crippen LogP contribution < -0.4 is 0 Å². The molecule has 12 aromatic rings. The van der Waals surface area contributed by atoms with E-state index in [4.69, 9.17) is 29.8 Å². The van der Waals surface area contributed by atoms with Crippen molar-refractivity contribution in [1.29, 1.82) is 0 Å². The number of allylic oxidation sites excluding steroid dienone is 8. The van der Waals surface area contributed by atoms with Gasteiger partial charge in [0.1, 0.15) is 11.5 Å². The molecule has 12 rings (SSSR count). The van der Waals surface area contributed by atoms with E-state index in [1.807, 2.05) is 133 Å². The molecule has 20 heteroatoms. The fraction of sp³-hybridized carbons (Fsp3) is 0.111. The molecule has 92 heavy (non-hydrogen) atoms. The molecule has 13 nitrogen and oxygen atoms in total. The van der Waals surface area contributed by atoms with Crippen molar-refractivity contribution in [3.05, 3.63) is 265 Å². The van der Waals surface area contributed by atoms with Gasteiger partial charge in [-0.15, -0.1) is 101 Å². The number of aliphatic hydroxyl groups is 4. The number of benzene rings is 7. The number of pyridine rings is 1. The van der Waals surface area contributed by atoms with E-state index in [9.17, 15) is 19.2 Å². The topological polar surface area (TPSA) is 214 Å². The predicted molar refractivity (Wildman–Crippen MR) is 358 cm³/mol. The Morgan fingerprint density at radius 1 is 0.435 bits per heavy atom. The molecular formula is C72H64Ir4N4O9S3-4. The van der Waals surface area contributed by atoms with Crippen molar-refractivity contribution in [3.8, 4) is 43.2 Å². The number of nitrogens with zero attached hydrogens (tertiary/aromatic N) is 4. The molecule has 7 aromatic carbocycles. The van der Waals surface area contributed by atoms with E-state index >= 15 is 0 Å². The van der Waals surface area contributed by atoms with Crippen LogP contribution in [0.1, 0.15) is 55.4 Å². The Labute approximate surface area is 601 Å². The van der Waals surface area contributed by atoms with Gasteiger partial charge in [0.15, 0.2) is 23.1 Å². The number of para-hydroxylation sites is 4. The van der Waals surface area contributed by atoms with Crippen LogP contribution in [0.5, 0.6) is 0 Å². The van der Waals surface area contributed by atoms with Crippen LogP contribution in [0.2, 0.25) is 0 Å². The SMILES string of the molecule is CC(=O)C=C(C)O.CC(=O)C=C(C)O.CC(=O)C=C(C)O.CC(=O)C=C(C)O.[Ir].[Ir].[Ir].[Ir].[c-]1ccc2ccccc2c1-c1nc2ccccc2s1.[c-]1ccccc1-c1nc2ccccc2o1.[c-]1ccccc1-c1nc2ccccc2s1.[c-]1ccsc1-c1ccccn1. The van der Waals surface area contributed by atoms with Crippen LogP contribution in [-0.4, -0.2) is 63.5 Å². The number of carbonyl (C=O) groups excluding carboxylic acids is 4. The molecule has 0 bridgehead atoms. The van der Waals surface area contributed by atoms with Gasteiger partial charge in [-0.05, 0) is 104 Å². The van der Waals surface area contributed by atoms with Gasteiger partial charge in [0.05, 0.1) is 39.6 Å². The Balaban J connectivity index is 0.000000540. The van der Waals surface area contributed by atoms with Crippen LogP contribution in [0.3, 0.4) is 0 Å². The second kappa shape index (κ2) is 44.8. The number of carbonyl (C=O) groups is 4. The van der Waals surface area contributed by atoms with E-state index in [2.05, 4.69) is 93.8 Å². The first-order valence-corrected chi connectivity index (χ1v) is 29.6. The molecule has 4 N–H and O–H groups in total. The Bertz CT molecular complexity index is 3950. The predicted octanol–water partition coefficient (Wildman–Crippen LogP) is 18.7. The van der Waals surface area contributed by atoms with Crippen molar-refractivity contribution in [2.45, 2.75) is 55.4 Å². The van der Waals surface area contributed by atoms with Crippen molar-refractivity contribution in [2.75, 3.05) is 0 Å². The fourth-order valence-corrected chi connectivity index (χ4v) is 9.99. The summed E-state index contributed by atoms with van der Waals surface area (Å²) in [6.45, 7) is 11.4. The van der Waals surface area contributed by atoms with E-state index in [1.165, 1.54) is 99.9 Å². The third kappa shape index (κ3) is 30.6. The molecule has 484 valence electrons. The molecule has 0 atom stereocenters. The molecule has 4 radical (unpaired) electrons.